The molecule has 0 fully saturated rings. The van der Waals surface area contributed by atoms with Crippen LogP contribution in [-0.4, -0.2) is 6.88 Å². The molecule has 2 aliphatic carbocycles. The van der Waals surface area contributed by atoms with Crippen LogP contribution in [0.5, 0.6) is 0 Å². The van der Waals surface area contributed by atoms with Crippen LogP contribution < -0.4 is 0 Å². The summed E-state index contributed by atoms with van der Waals surface area (Å²) in [4.78, 5) is 0. The molecule has 16 heavy (non-hydrogen) atoms. The molecule has 2 heteroatoms. The van der Waals surface area contributed by atoms with Crippen LogP contribution in [0.25, 0.3) is 0 Å². The van der Waals surface area contributed by atoms with Gasteiger partial charge >= 0.3 is 102 Å². The van der Waals surface area contributed by atoms with E-state index in [0.717, 1.165) is 0 Å². The standard InChI is InChI=1S/C7H9.C5H5.2CH3.H2Si.Zr/c1-6-3-4-7(2)5-6;1-2-4-5-3-1;;;;/h5H,3H2,1-2H3;1-3H,4H2;2*1H3;1H2;. The Morgan fingerprint density at radius 3 is 2.38 bits per heavy atom. The van der Waals surface area contributed by atoms with Crippen LogP contribution in [0.3, 0.4) is 0 Å². The van der Waals surface area contributed by atoms with Crippen LogP contribution in [-0.2, 0) is 17.4 Å². The molecule has 0 heterocycles. The van der Waals surface area contributed by atoms with Crippen molar-refractivity contribution in [1.29, 1.82) is 0 Å². The van der Waals surface area contributed by atoms with Crippen molar-refractivity contribution in [3.63, 3.8) is 0 Å². The van der Waals surface area contributed by atoms with Gasteiger partial charge in [0.25, 0.3) is 0 Å². The molecule has 0 nitrogen and oxygen atoms in total. The molecule has 0 N–H and O–H groups in total. The Morgan fingerprint density at radius 1 is 1.25 bits per heavy atom. The molecule has 0 saturated carbocycles. The van der Waals surface area contributed by atoms with E-state index in [0.29, 0.717) is 0 Å². The third-order valence-corrected chi connectivity index (χ3v) is 21.5. The summed E-state index contributed by atoms with van der Waals surface area (Å²) in [5.41, 5.74) is 3.12. The van der Waals surface area contributed by atoms with E-state index >= 15 is 0 Å². The van der Waals surface area contributed by atoms with Crippen molar-refractivity contribution in [3.8, 4) is 0 Å². The monoisotopic (exact) mass is 308 g/mol. The SMILES string of the molecule is CC1=CC(C)=[C]([Zr]([CH3])([CH3])(=[SiH2])[C]2=CC=CC2)C1. The number of hydrogen-bond donors (Lipinski definition) is 0. The van der Waals surface area contributed by atoms with Gasteiger partial charge in [0, 0.05) is 0 Å². The Bertz CT molecular complexity index is 521. The molecule has 0 aromatic heterocycles. The third-order valence-electron chi connectivity index (χ3n) is 4.16. The van der Waals surface area contributed by atoms with Crippen molar-refractivity contribution in [2.45, 2.75) is 36.0 Å². The Labute approximate surface area is 102 Å². The van der Waals surface area contributed by atoms with E-state index in [2.05, 4.69) is 54.3 Å². The van der Waals surface area contributed by atoms with Gasteiger partial charge < -0.3 is 0 Å². The first-order chi connectivity index (χ1) is 7.30. The van der Waals surface area contributed by atoms with E-state index in [4.69, 9.17) is 0 Å². The maximum atomic E-state index is 2.60. The predicted molar refractivity (Wildman–Crippen MR) is 73.2 cm³/mol. The summed E-state index contributed by atoms with van der Waals surface area (Å²) in [6.45, 7) is 6.93. The molecule has 0 aliphatic heterocycles. The second-order valence-corrected chi connectivity index (χ2v) is 35.2. The first-order valence-corrected chi connectivity index (χ1v) is 19.4. The van der Waals surface area contributed by atoms with Gasteiger partial charge in [-0.2, -0.15) is 0 Å². The Kier molecular flexibility index (Phi) is 2.96. The van der Waals surface area contributed by atoms with Crippen molar-refractivity contribution in [2.75, 3.05) is 0 Å². The van der Waals surface area contributed by atoms with Gasteiger partial charge in [-0.05, 0) is 0 Å². The molecule has 0 atom stereocenters. The van der Waals surface area contributed by atoms with Crippen molar-refractivity contribution in [3.05, 3.63) is 42.0 Å². The molecule has 0 aromatic rings. The summed E-state index contributed by atoms with van der Waals surface area (Å²) < 4.78 is 8.78. The molecule has 0 unspecified atom stereocenters. The average Bonchev–Trinajstić information content (AvgIpc) is 2.73. The molecule has 0 bridgehead atoms. The molecule has 86 valence electrons. The van der Waals surface area contributed by atoms with Gasteiger partial charge in [0.15, 0.2) is 0 Å². The second kappa shape index (κ2) is 3.78. The molecule has 0 saturated heterocycles. The molecule has 0 radical (unpaired) electrons. The van der Waals surface area contributed by atoms with Crippen molar-refractivity contribution < 1.29 is 17.4 Å². The fourth-order valence-corrected chi connectivity index (χ4v) is 16.8. The van der Waals surface area contributed by atoms with E-state index in [1.165, 1.54) is 12.8 Å². The van der Waals surface area contributed by atoms with Gasteiger partial charge in [0.1, 0.15) is 0 Å². The fraction of sp³-hybridized carbons (Fsp3) is 0.429. The minimum atomic E-state index is -2.73. The zero-order valence-electron chi connectivity index (χ0n) is 10.9. The second-order valence-electron chi connectivity index (χ2n) is 6.34. The van der Waals surface area contributed by atoms with Crippen LogP contribution in [0.2, 0.25) is 9.26 Å². The van der Waals surface area contributed by atoms with Crippen LogP contribution in [0, 0.1) is 0 Å². The summed E-state index contributed by atoms with van der Waals surface area (Å²) in [6, 6.07) is 0. The summed E-state index contributed by atoms with van der Waals surface area (Å²) in [6.07, 6.45) is 11.8. The average molecular weight is 310 g/mol. The molecule has 2 rings (SSSR count). The van der Waals surface area contributed by atoms with Gasteiger partial charge in [-0.3, -0.25) is 0 Å². The van der Waals surface area contributed by atoms with Crippen LogP contribution in [0.1, 0.15) is 26.7 Å². The summed E-state index contributed by atoms with van der Waals surface area (Å²) in [5.74, 6) is 0. The zero-order valence-corrected chi connectivity index (χ0v) is 14.8. The minimum absolute atomic E-state index is 1.21. The Morgan fingerprint density at radius 2 is 1.94 bits per heavy atom. The predicted octanol–water partition coefficient (Wildman–Crippen LogP) is 3.79. The number of allylic oxidation sites excluding steroid dienone is 8. The topological polar surface area (TPSA) is 0 Å². The van der Waals surface area contributed by atoms with E-state index in [-0.39, 0.29) is 0 Å². The van der Waals surface area contributed by atoms with E-state index in [1.54, 1.807) is 14.4 Å². The first kappa shape index (κ1) is 12.5. The third kappa shape index (κ3) is 1.95. The molecular weight excluding hydrogens is 287 g/mol. The van der Waals surface area contributed by atoms with Gasteiger partial charge in [0.05, 0.1) is 0 Å². The van der Waals surface area contributed by atoms with Gasteiger partial charge in [-0.1, -0.05) is 0 Å². The fourth-order valence-electron chi connectivity index (χ4n) is 3.08. The van der Waals surface area contributed by atoms with Gasteiger partial charge in [-0.25, -0.2) is 0 Å². The van der Waals surface area contributed by atoms with Crippen molar-refractivity contribution in [1.82, 2.24) is 0 Å². The Balaban J connectivity index is 2.48. The van der Waals surface area contributed by atoms with Crippen LogP contribution in [0.4, 0.5) is 0 Å². The zero-order chi connectivity index (χ0) is 12.0. The number of rotatable bonds is 2. The molecule has 0 aromatic carbocycles. The molecule has 0 spiro atoms. The van der Waals surface area contributed by atoms with E-state index in [9.17, 15) is 0 Å². The molecule has 0 amide bonds. The Hall–Kier alpha value is 0.0600. The van der Waals surface area contributed by atoms with Crippen LogP contribution >= 0.6 is 0 Å². The maximum absolute atomic E-state index is 2.73. The van der Waals surface area contributed by atoms with Crippen LogP contribution in [0.15, 0.2) is 42.0 Å². The normalized spacial score (nSPS) is 21.6. The summed E-state index contributed by atoms with van der Waals surface area (Å²) >= 11 is -2.73. The number of hydrogen-bond acceptors (Lipinski definition) is 0. The quantitative estimate of drug-likeness (QED) is 0.681. The molecule has 2 aliphatic rings. The summed E-state index contributed by atoms with van der Waals surface area (Å²) in [5, 5.41) is 0. The van der Waals surface area contributed by atoms with Gasteiger partial charge in [-0.15, -0.1) is 0 Å². The van der Waals surface area contributed by atoms with E-state index in [1.807, 2.05) is 3.28 Å². The van der Waals surface area contributed by atoms with Crippen molar-refractivity contribution in [2.24, 2.45) is 0 Å². The van der Waals surface area contributed by atoms with Gasteiger partial charge in [0.2, 0.25) is 0 Å². The summed E-state index contributed by atoms with van der Waals surface area (Å²) in [7, 11) is 0. The van der Waals surface area contributed by atoms with Crippen molar-refractivity contribution >= 4 is 6.88 Å². The van der Waals surface area contributed by atoms with E-state index < -0.39 is 17.4 Å². The first-order valence-electron chi connectivity index (χ1n) is 6.11. The molecular formula is C14H22SiZr.